The highest BCUT2D eigenvalue weighted by atomic mass is 16.6. The third-order valence-electron chi connectivity index (χ3n) is 4.02. The van der Waals surface area contributed by atoms with Gasteiger partial charge in [0.25, 0.3) is 0 Å². The number of rotatable bonds is 3. The zero-order chi connectivity index (χ0) is 15.6. The van der Waals surface area contributed by atoms with Crippen LogP contribution in [0.2, 0.25) is 0 Å². The van der Waals surface area contributed by atoms with Crippen LogP contribution in [0.25, 0.3) is 0 Å². The highest BCUT2D eigenvalue weighted by Gasteiger charge is 2.39. The lowest BCUT2D eigenvalue weighted by atomic mass is 9.92. The van der Waals surface area contributed by atoms with Gasteiger partial charge in [-0.3, -0.25) is 9.59 Å². The van der Waals surface area contributed by atoms with Crippen LogP contribution in [0.1, 0.15) is 46.5 Å². The highest BCUT2D eigenvalue weighted by Crippen LogP contribution is 2.34. The second-order valence-corrected chi connectivity index (χ2v) is 6.91. The first-order chi connectivity index (χ1) is 9.79. The van der Waals surface area contributed by atoms with Crippen LogP contribution < -0.4 is 0 Å². The maximum Gasteiger partial charge on any atom is 0.311 e. The largest absolute Gasteiger partial charge is 0.488 e. The smallest absolute Gasteiger partial charge is 0.311 e. The molecule has 1 fully saturated rings. The van der Waals surface area contributed by atoms with E-state index in [1.54, 1.807) is 20.8 Å². The van der Waals surface area contributed by atoms with Crippen molar-refractivity contribution in [1.82, 2.24) is 0 Å². The van der Waals surface area contributed by atoms with Crippen LogP contribution >= 0.6 is 0 Å². The monoisotopic (exact) mass is 296 g/mol. The Morgan fingerprint density at radius 3 is 2.57 bits per heavy atom. The van der Waals surface area contributed by atoms with E-state index in [1.807, 2.05) is 0 Å². The van der Waals surface area contributed by atoms with Gasteiger partial charge in [-0.25, -0.2) is 0 Å². The summed E-state index contributed by atoms with van der Waals surface area (Å²) in [7, 11) is 0. The van der Waals surface area contributed by atoms with Gasteiger partial charge in [-0.1, -0.05) is 12.8 Å². The third-order valence-corrected chi connectivity index (χ3v) is 4.02. The molecule has 21 heavy (non-hydrogen) atoms. The molecular formula is C16H24O5. The number of carbonyl (C=O) groups is 2. The van der Waals surface area contributed by atoms with Crippen molar-refractivity contribution in [2.45, 2.75) is 58.7 Å². The molecule has 118 valence electrons. The molecule has 2 atom stereocenters. The highest BCUT2D eigenvalue weighted by molar-refractivity contribution is 5.95. The lowest BCUT2D eigenvalue weighted by molar-refractivity contribution is -0.155. The summed E-state index contributed by atoms with van der Waals surface area (Å²) < 4.78 is 10.9. The Morgan fingerprint density at radius 2 is 2.00 bits per heavy atom. The molecule has 1 saturated carbocycles. The van der Waals surface area contributed by atoms with Crippen molar-refractivity contribution >= 4 is 11.8 Å². The quantitative estimate of drug-likeness (QED) is 0.806. The van der Waals surface area contributed by atoms with Crippen molar-refractivity contribution in [3.05, 3.63) is 11.8 Å². The molecule has 2 rings (SSSR count). The van der Waals surface area contributed by atoms with Crippen LogP contribution in [-0.4, -0.2) is 35.7 Å². The molecule has 0 aromatic carbocycles. The van der Waals surface area contributed by atoms with Gasteiger partial charge in [-0.05, 0) is 39.5 Å². The van der Waals surface area contributed by atoms with E-state index in [0.717, 1.165) is 25.7 Å². The van der Waals surface area contributed by atoms with E-state index in [1.165, 1.54) is 6.08 Å². The van der Waals surface area contributed by atoms with Crippen molar-refractivity contribution < 1.29 is 24.2 Å². The van der Waals surface area contributed by atoms with E-state index < -0.39 is 17.6 Å². The fraction of sp³-hybridized carbons (Fsp3) is 0.750. The van der Waals surface area contributed by atoms with Crippen molar-refractivity contribution in [3.8, 4) is 0 Å². The molecule has 1 heterocycles. The van der Waals surface area contributed by atoms with Crippen molar-refractivity contribution in [1.29, 1.82) is 0 Å². The zero-order valence-electron chi connectivity index (χ0n) is 12.9. The Bertz CT molecular complexity index is 440. The summed E-state index contributed by atoms with van der Waals surface area (Å²) >= 11 is 0. The Kier molecular flexibility index (Phi) is 4.71. The summed E-state index contributed by atoms with van der Waals surface area (Å²) in [5.41, 5.74) is -0.594. The number of esters is 1. The number of aliphatic hydroxyl groups is 1. The Balaban J connectivity index is 1.98. The van der Waals surface area contributed by atoms with Crippen molar-refractivity contribution in [2.75, 3.05) is 6.61 Å². The summed E-state index contributed by atoms with van der Waals surface area (Å²) in [5.74, 6) is -0.172. The maximum atomic E-state index is 11.9. The van der Waals surface area contributed by atoms with E-state index in [0.29, 0.717) is 5.76 Å². The summed E-state index contributed by atoms with van der Waals surface area (Å²) in [6.45, 7) is 5.24. The van der Waals surface area contributed by atoms with Crippen LogP contribution in [-0.2, 0) is 19.1 Å². The zero-order valence-corrected chi connectivity index (χ0v) is 12.9. The van der Waals surface area contributed by atoms with Gasteiger partial charge in [0, 0.05) is 6.08 Å². The number of hydrogen-bond acceptors (Lipinski definition) is 5. The molecule has 0 unspecified atom stereocenters. The third kappa shape index (κ3) is 3.84. The van der Waals surface area contributed by atoms with Gasteiger partial charge in [-0.2, -0.15) is 0 Å². The molecule has 0 saturated heterocycles. The molecule has 1 N–H and O–H groups in total. The average molecular weight is 296 g/mol. The molecule has 2 aliphatic rings. The molecule has 1 aliphatic carbocycles. The van der Waals surface area contributed by atoms with Gasteiger partial charge in [0.1, 0.15) is 18.5 Å². The normalized spacial score (nSPS) is 27.2. The van der Waals surface area contributed by atoms with E-state index in [4.69, 9.17) is 9.47 Å². The Morgan fingerprint density at radius 1 is 1.38 bits per heavy atom. The topological polar surface area (TPSA) is 72.8 Å². The molecule has 0 aromatic rings. The van der Waals surface area contributed by atoms with Crippen LogP contribution in [0.15, 0.2) is 11.8 Å². The lowest BCUT2D eigenvalue weighted by Gasteiger charge is -2.32. The molecular weight excluding hydrogens is 272 g/mol. The number of ketones is 1. The van der Waals surface area contributed by atoms with Crippen LogP contribution in [0.5, 0.6) is 0 Å². The molecule has 0 aromatic heterocycles. The van der Waals surface area contributed by atoms with Crippen LogP contribution in [0.4, 0.5) is 0 Å². The Hall–Kier alpha value is -1.36. The summed E-state index contributed by atoms with van der Waals surface area (Å²) in [6.07, 6.45) is 3.76. The van der Waals surface area contributed by atoms with Crippen molar-refractivity contribution in [3.63, 3.8) is 0 Å². The number of ether oxygens (including phenoxy) is 2. The molecule has 1 aliphatic heterocycles. The van der Waals surface area contributed by atoms with Crippen molar-refractivity contribution in [2.24, 2.45) is 11.3 Å². The number of aliphatic hydroxyl groups excluding tert-OH is 1. The lowest BCUT2D eigenvalue weighted by Crippen LogP contribution is -2.43. The minimum Gasteiger partial charge on any atom is -0.488 e. The van der Waals surface area contributed by atoms with Gasteiger partial charge in [0.15, 0.2) is 11.9 Å². The summed E-state index contributed by atoms with van der Waals surface area (Å²) in [4.78, 5) is 23.6. The second-order valence-electron chi connectivity index (χ2n) is 6.91. The average Bonchev–Trinajstić information content (AvgIpc) is 2.92. The van der Waals surface area contributed by atoms with Crippen LogP contribution in [0.3, 0.4) is 0 Å². The van der Waals surface area contributed by atoms with Gasteiger partial charge in [0.2, 0.25) is 0 Å². The molecule has 5 heteroatoms. The minimum atomic E-state index is -1.10. The molecule has 0 radical (unpaired) electrons. The first-order valence-corrected chi connectivity index (χ1v) is 7.55. The van der Waals surface area contributed by atoms with E-state index >= 15 is 0 Å². The van der Waals surface area contributed by atoms with Gasteiger partial charge in [-0.15, -0.1) is 0 Å². The maximum absolute atomic E-state index is 11.9. The first kappa shape index (κ1) is 16.0. The molecule has 0 bridgehead atoms. The second kappa shape index (κ2) is 6.18. The SMILES string of the molecule is CC(C)(C)C(=O)OCC1=CC(=O)[C@H](O)[C@H](C2CCCC2)O1. The summed E-state index contributed by atoms with van der Waals surface area (Å²) in [5, 5.41) is 10.00. The predicted octanol–water partition coefficient (Wildman–Crippen LogP) is 1.98. The van der Waals surface area contributed by atoms with E-state index in [9.17, 15) is 14.7 Å². The molecule has 5 nitrogen and oxygen atoms in total. The van der Waals surface area contributed by atoms with E-state index in [2.05, 4.69) is 0 Å². The van der Waals surface area contributed by atoms with Gasteiger partial charge < -0.3 is 14.6 Å². The van der Waals surface area contributed by atoms with Gasteiger partial charge in [0.05, 0.1) is 5.41 Å². The summed E-state index contributed by atoms with van der Waals surface area (Å²) in [6, 6.07) is 0. The fourth-order valence-electron chi connectivity index (χ4n) is 2.75. The molecule has 0 amide bonds. The minimum absolute atomic E-state index is 0.0578. The van der Waals surface area contributed by atoms with E-state index in [-0.39, 0.29) is 24.3 Å². The standard InChI is InChI=1S/C16H24O5/c1-16(2,3)15(19)20-9-11-8-12(17)13(18)14(21-11)10-6-4-5-7-10/h8,10,13-14,18H,4-7,9H2,1-3H3/t13-,14-/m0/s1. The number of carbonyl (C=O) groups excluding carboxylic acids is 2. The fourth-order valence-corrected chi connectivity index (χ4v) is 2.75. The Labute approximate surface area is 125 Å². The first-order valence-electron chi connectivity index (χ1n) is 7.55. The number of hydrogen-bond donors (Lipinski definition) is 1. The van der Waals surface area contributed by atoms with Gasteiger partial charge >= 0.3 is 5.97 Å². The predicted molar refractivity (Wildman–Crippen MR) is 76.3 cm³/mol. The molecule has 0 spiro atoms. The van der Waals surface area contributed by atoms with Crippen LogP contribution in [0, 0.1) is 11.3 Å².